The molecule has 0 aromatic heterocycles. The van der Waals surface area contributed by atoms with Crippen molar-refractivity contribution in [1.29, 1.82) is 0 Å². The van der Waals surface area contributed by atoms with Crippen LogP contribution in [-0.2, 0) is 12.6 Å². The van der Waals surface area contributed by atoms with Crippen LogP contribution in [0.2, 0.25) is 0 Å². The lowest BCUT2D eigenvalue weighted by atomic mass is 10.0. The fourth-order valence-corrected chi connectivity index (χ4v) is 2.61. The Morgan fingerprint density at radius 1 is 1.15 bits per heavy atom. The minimum atomic E-state index is -4.26. The molecule has 20 heavy (non-hydrogen) atoms. The predicted octanol–water partition coefficient (Wildman–Crippen LogP) is 2.88. The Kier molecular flexibility index (Phi) is 4.70. The van der Waals surface area contributed by atoms with Gasteiger partial charge in [0, 0.05) is 32.2 Å². The molecule has 0 radical (unpaired) electrons. The number of piperazine rings is 1. The van der Waals surface area contributed by atoms with Gasteiger partial charge in [-0.15, -0.1) is 0 Å². The van der Waals surface area contributed by atoms with Gasteiger partial charge >= 0.3 is 6.18 Å². The molecule has 1 aromatic rings. The summed E-state index contributed by atoms with van der Waals surface area (Å²) in [5.74, 6) is 0. The van der Waals surface area contributed by atoms with Crippen molar-refractivity contribution in [1.82, 2.24) is 9.80 Å². The Hall–Kier alpha value is -1.07. The Labute approximate surface area is 118 Å². The molecule has 1 aliphatic rings. The van der Waals surface area contributed by atoms with Crippen LogP contribution in [-0.4, -0.2) is 49.1 Å². The van der Waals surface area contributed by atoms with Crippen LogP contribution in [0.4, 0.5) is 13.2 Å². The Bertz CT molecular complexity index is 437. The van der Waals surface area contributed by atoms with Crippen molar-refractivity contribution < 1.29 is 13.2 Å². The van der Waals surface area contributed by atoms with Crippen molar-refractivity contribution in [2.75, 3.05) is 33.2 Å². The van der Waals surface area contributed by atoms with Gasteiger partial charge in [0.2, 0.25) is 0 Å². The first-order chi connectivity index (χ1) is 9.36. The topological polar surface area (TPSA) is 6.48 Å². The van der Waals surface area contributed by atoms with E-state index in [-0.39, 0.29) is 6.04 Å². The van der Waals surface area contributed by atoms with Crippen LogP contribution in [0.3, 0.4) is 0 Å². The number of likely N-dealkylation sites (N-methyl/N-ethyl adjacent to an activating group) is 1. The van der Waals surface area contributed by atoms with Gasteiger partial charge in [0.05, 0.1) is 5.56 Å². The molecule has 0 bridgehead atoms. The fraction of sp³-hybridized carbons (Fsp3) is 0.600. The lowest BCUT2D eigenvalue weighted by molar-refractivity contribution is -0.137. The maximum Gasteiger partial charge on any atom is 0.416 e. The number of rotatable bonds is 3. The minimum absolute atomic E-state index is 0.271. The smallest absolute Gasteiger partial charge is 0.304 e. The van der Waals surface area contributed by atoms with E-state index < -0.39 is 11.7 Å². The zero-order chi connectivity index (χ0) is 14.8. The van der Waals surface area contributed by atoms with Crippen molar-refractivity contribution >= 4 is 0 Å². The lowest BCUT2D eigenvalue weighted by Gasteiger charge is -2.36. The Morgan fingerprint density at radius 3 is 2.40 bits per heavy atom. The van der Waals surface area contributed by atoms with Gasteiger partial charge in [-0.25, -0.2) is 0 Å². The molecule has 0 N–H and O–H groups in total. The van der Waals surface area contributed by atoms with E-state index in [1.54, 1.807) is 6.07 Å². The molecule has 0 saturated carbocycles. The van der Waals surface area contributed by atoms with E-state index in [1.165, 1.54) is 12.1 Å². The third kappa shape index (κ3) is 3.96. The van der Waals surface area contributed by atoms with Gasteiger partial charge < -0.3 is 4.90 Å². The molecule has 0 aliphatic carbocycles. The van der Waals surface area contributed by atoms with Crippen LogP contribution >= 0.6 is 0 Å². The number of benzene rings is 1. The lowest BCUT2D eigenvalue weighted by Crippen LogP contribution is -2.48. The number of hydrogen-bond acceptors (Lipinski definition) is 2. The highest BCUT2D eigenvalue weighted by atomic mass is 19.4. The first-order valence-corrected chi connectivity index (χ1v) is 6.95. The van der Waals surface area contributed by atoms with Crippen molar-refractivity contribution in [3.05, 3.63) is 35.4 Å². The van der Waals surface area contributed by atoms with Gasteiger partial charge in [-0.05, 0) is 32.0 Å². The van der Waals surface area contributed by atoms with Gasteiger partial charge in [0.15, 0.2) is 0 Å². The normalized spacial score (nSPS) is 20.1. The summed E-state index contributed by atoms with van der Waals surface area (Å²) in [7, 11) is 2.09. The molecule has 1 unspecified atom stereocenters. The summed E-state index contributed by atoms with van der Waals surface area (Å²) < 4.78 is 38.1. The van der Waals surface area contributed by atoms with Crippen LogP contribution in [0.25, 0.3) is 0 Å². The molecule has 1 saturated heterocycles. The van der Waals surface area contributed by atoms with Gasteiger partial charge in [-0.3, -0.25) is 4.90 Å². The van der Waals surface area contributed by atoms with E-state index in [9.17, 15) is 13.2 Å². The van der Waals surface area contributed by atoms with Crippen molar-refractivity contribution in [3.8, 4) is 0 Å². The molecule has 5 heteroatoms. The predicted molar refractivity (Wildman–Crippen MR) is 73.7 cm³/mol. The number of halogens is 3. The van der Waals surface area contributed by atoms with Gasteiger partial charge in [-0.2, -0.15) is 13.2 Å². The molecule has 1 atom stereocenters. The highest BCUT2D eigenvalue weighted by molar-refractivity contribution is 5.26. The quantitative estimate of drug-likeness (QED) is 0.843. The molecule has 0 spiro atoms. The second kappa shape index (κ2) is 6.14. The largest absolute Gasteiger partial charge is 0.416 e. The van der Waals surface area contributed by atoms with E-state index >= 15 is 0 Å². The average molecular weight is 286 g/mol. The molecule has 1 heterocycles. The number of hydrogen-bond donors (Lipinski definition) is 0. The van der Waals surface area contributed by atoms with E-state index in [0.717, 1.165) is 37.8 Å². The highest BCUT2D eigenvalue weighted by Gasteiger charge is 2.30. The van der Waals surface area contributed by atoms with E-state index in [4.69, 9.17) is 0 Å². The summed E-state index contributed by atoms with van der Waals surface area (Å²) in [6.07, 6.45) is -3.60. The minimum Gasteiger partial charge on any atom is -0.304 e. The maximum absolute atomic E-state index is 12.7. The van der Waals surface area contributed by atoms with Crippen LogP contribution in [0, 0.1) is 0 Å². The third-order valence-corrected chi connectivity index (χ3v) is 3.95. The summed E-state index contributed by atoms with van der Waals surface area (Å²) in [6.45, 7) is 6.10. The first-order valence-electron chi connectivity index (χ1n) is 6.95. The summed E-state index contributed by atoms with van der Waals surface area (Å²) in [4.78, 5) is 4.62. The van der Waals surface area contributed by atoms with Crippen molar-refractivity contribution in [2.24, 2.45) is 0 Å². The molecule has 1 aliphatic heterocycles. The average Bonchev–Trinajstić information content (AvgIpc) is 2.38. The third-order valence-electron chi connectivity index (χ3n) is 3.95. The summed E-state index contributed by atoms with van der Waals surface area (Å²) in [5, 5.41) is 0. The molecule has 1 aromatic carbocycles. The van der Waals surface area contributed by atoms with Crippen LogP contribution in [0.5, 0.6) is 0 Å². The summed E-state index contributed by atoms with van der Waals surface area (Å²) in [5.41, 5.74) is 0.201. The second-order valence-corrected chi connectivity index (χ2v) is 5.59. The van der Waals surface area contributed by atoms with Gasteiger partial charge in [0.25, 0.3) is 0 Å². The zero-order valence-corrected chi connectivity index (χ0v) is 12.0. The fourth-order valence-electron chi connectivity index (χ4n) is 2.61. The Balaban J connectivity index is 1.99. The molecular formula is C15H21F3N2. The van der Waals surface area contributed by atoms with Crippen LogP contribution < -0.4 is 0 Å². The highest BCUT2D eigenvalue weighted by Crippen LogP contribution is 2.29. The van der Waals surface area contributed by atoms with Gasteiger partial charge in [-0.1, -0.05) is 18.2 Å². The number of alkyl halides is 3. The second-order valence-electron chi connectivity index (χ2n) is 5.59. The zero-order valence-electron chi connectivity index (χ0n) is 12.0. The molecule has 2 nitrogen and oxygen atoms in total. The Morgan fingerprint density at radius 2 is 1.80 bits per heavy atom. The van der Waals surface area contributed by atoms with E-state index in [0.29, 0.717) is 6.42 Å². The maximum atomic E-state index is 12.7. The van der Waals surface area contributed by atoms with Crippen LogP contribution in [0.15, 0.2) is 24.3 Å². The summed E-state index contributed by atoms with van der Waals surface area (Å²) in [6, 6.07) is 5.94. The van der Waals surface area contributed by atoms with Gasteiger partial charge in [0.1, 0.15) is 0 Å². The SMILES string of the molecule is CC(Cc1cccc(C(F)(F)F)c1)N1CCN(C)CC1. The molecular weight excluding hydrogens is 265 g/mol. The van der Waals surface area contributed by atoms with E-state index in [1.807, 2.05) is 0 Å². The molecule has 2 rings (SSSR count). The van der Waals surface area contributed by atoms with Crippen molar-refractivity contribution in [3.63, 3.8) is 0 Å². The monoisotopic (exact) mass is 286 g/mol. The van der Waals surface area contributed by atoms with Crippen molar-refractivity contribution in [2.45, 2.75) is 25.6 Å². The molecule has 0 amide bonds. The standard InChI is InChI=1S/C15H21F3N2/c1-12(20-8-6-19(2)7-9-20)10-13-4-3-5-14(11-13)15(16,17)18/h3-5,11-12H,6-10H2,1-2H3. The molecule has 112 valence electrons. The first kappa shape index (κ1) is 15.3. The summed E-state index contributed by atoms with van der Waals surface area (Å²) >= 11 is 0. The number of nitrogens with zero attached hydrogens (tertiary/aromatic N) is 2. The van der Waals surface area contributed by atoms with E-state index in [2.05, 4.69) is 23.8 Å². The molecule has 1 fully saturated rings. The van der Waals surface area contributed by atoms with Crippen LogP contribution in [0.1, 0.15) is 18.1 Å².